The first-order chi connectivity index (χ1) is 39.7. The van der Waals surface area contributed by atoms with Gasteiger partial charge in [-0.2, -0.15) is 0 Å². The number of aliphatic hydroxyl groups excluding tert-OH is 1. The van der Waals surface area contributed by atoms with Crippen LogP contribution in [0.4, 0.5) is 0 Å². The first kappa shape index (κ1) is 82.9. The highest BCUT2D eigenvalue weighted by atomic mass is 79.9. The molecule has 0 aliphatic heterocycles. The Morgan fingerprint density at radius 2 is 0.646 bits per heavy atom. The lowest BCUT2D eigenvalue weighted by molar-refractivity contribution is -0.897. The third-order valence-corrected chi connectivity index (χ3v) is 17.6. The number of allylic oxidation sites excluding steroid dienone is 4. The summed E-state index contributed by atoms with van der Waals surface area (Å²) in [7, 11) is 4.31. The molecule has 0 fully saturated rings. The second kappa shape index (κ2) is 65.8. The number of hydrogen-bond acceptors (Lipinski definition) is 5. The maximum absolute atomic E-state index is 14.4. The van der Waals surface area contributed by atoms with Crippen LogP contribution in [0.2, 0.25) is 0 Å². The fourth-order valence-electron chi connectivity index (χ4n) is 12.3. The number of esters is 2. The van der Waals surface area contributed by atoms with E-state index >= 15 is 0 Å². The summed E-state index contributed by atoms with van der Waals surface area (Å²) in [5.74, 6) is -0.268. The molecule has 0 saturated heterocycles. The molecule has 0 bridgehead atoms. The normalized spacial score (nSPS) is 13.1. The monoisotopic (exact) mass is 1220 g/mol. The van der Waals surface area contributed by atoms with Crippen molar-refractivity contribution in [3.8, 4) is 0 Å². The topological polar surface area (TPSA) is 72.8 Å². The summed E-state index contributed by atoms with van der Waals surface area (Å²) in [6, 6.07) is 0. The minimum absolute atomic E-state index is 0. The highest BCUT2D eigenvalue weighted by Gasteiger charge is 2.49. The number of quaternary nitrogens is 1. The molecule has 488 valence electrons. The summed E-state index contributed by atoms with van der Waals surface area (Å²) < 4.78 is 14.3. The summed E-state index contributed by atoms with van der Waals surface area (Å²) in [5, 5.41) is 10.4. The van der Waals surface area contributed by atoms with Gasteiger partial charge in [-0.25, -0.2) is 0 Å². The molecule has 0 heterocycles. The minimum Gasteiger partial charge on any atom is -1.00 e. The van der Waals surface area contributed by atoms with Gasteiger partial charge in [0.25, 0.3) is 0 Å². The van der Waals surface area contributed by atoms with Crippen molar-refractivity contribution in [3.05, 3.63) is 24.3 Å². The number of carbonyl (C=O) groups excluding carboxylic acids is 2. The van der Waals surface area contributed by atoms with Gasteiger partial charge in [-0.15, -0.1) is 0 Å². The zero-order chi connectivity index (χ0) is 59.1. The summed E-state index contributed by atoms with van der Waals surface area (Å²) in [6.07, 6.45) is 79.3. The molecule has 0 aromatic rings. The number of rotatable bonds is 67. The second-order valence-corrected chi connectivity index (χ2v) is 26.5. The summed E-state index contributed by atoms with van der Waals surface area (Å²) in [4.78, 5) is 28.5. The van der Waals surface area contributed by atoms with E-state index in [4.69, 9.17) is 9.47 Å². The molecule has 0 saturated carbocycles. The number of carbonyl (C=O) groups is 2. The predicted molar refractivity (Wildman–Crippen MR) is 356 cm³/mol. The highest BCUT2D eigenvalue weighted by molar-refractivity contribution is 5.71. The average molecular weight is 1220 g/mol. The maximum atomic E-state index is 14.4. The third kappa shape index (κ3) is 57.9. The van der Waals surface area contributed by atoms with Crippen LogP contribution >= 0.6 is 0 Å². The van der Waals surface area contributed by atoms with Crippen molar-refractivity contribution in [2.45, 2.75) is 412 Å². The molecular formula is C75H146BrNO5. The van der Waals surface area contributed by atoms with Crippen LogP contribution in [0, 0.1) is 0 Å². The van der Waals surface area contributed by atoms with Gasteiger partial charge >= 0.3 is 11.9 Å². The van der Waals surface area contributed by atoms with Crippen LogP contribution in [0.5, 0.6) is 0 Å². The molecular weight excluding hydrogens is 1070 g/mol. The van der Waals surface area contributed by atoms with Gasteiger partial charge in [0.2, 0.25) is 0 Å². The zero-order valence-electron chi connectivity index (χ0n) is 56.4. The van der Waals surface area contributed by atoms with E-state index in [-0.39, 0.29) is 35.5 Å². The van der Waals surface area contributed by atoms with Crippen LogP contribution in [0.15, 0.2) is 24.3 Å². The number of nitrogens with zero attached hydrogens (tertiary/aromatic N) is 1. The lowest BCUT2D eigenvalue weighted by atomic mass is 9.84. The van der Waals surface area contributed by atoms with Crippen molar-refractivity contribution in [2.75, 3.05) is 33.8 Å². The molecule has 0 amide bonds. The Morgan fingerprint density at radius 1 is 0.378 bits per heavy atom. The first-order valence-electron chi connectivity index (χ1n) is 36.8. The van der Waals surface area contributed by atoms with Crippen molar-refractivity contribution in [1.82, 2.24) is 0 Å². The summed E-state index contributed by atoms with van der Waals surface area (Å²) in [6.45, 7) is 10.3. The van der Waals surface area contributed by atoms with E-state index in [1.165, 1.54) is 270 Å². The largest absolute Gasteiger partial charge is 1.00 e. The van der Waals surface area contributed by atoms with Crippen LogP contribution in [-0.2, 0) is 19.1 Å². The molecule has 1 N–H and O–H groups in total. The highest BCUT2D eigenvalue weighted by Crippen LogP contribution is 2.34. The van der Waals surface area contributed by atoms with Gasteiger partial charge < -0.3 is 36.0 Å². The molecule has 6 nitrogen and oxygen atoms in total. The van der Waals surface area contributed by atoms with Gasteiger partial charge in [0.15, 0.2) is 5.60 Å². The van der Waals surface area contributed by atoms with E-state index in [0.717, 1.165) is 77.0 Å². The van der Waals surface area contributed by atoms with Gasteiger partial charge in [0.1, 0.15) is 19.2 Å². The SMILES string of the molecule is CCCCCCCC/C=C\CCCCCCCC(=O)OC(CCCCCCCCCCCCCCCC)C(CCCCCCCCCCCCCCCC)(C[N+](C)(C)CCO)OC(=O)CCCCCCC/C=C\CCCCCCCC.[Br-]. The molecule has 0 aliphatic rings. The summed E-state index contributed by atoms with van der Waals surface area (Å²) in [5.41, 5.74) is -0.941. The van der Waals surface area contributed by atoms with Gasteiger partial charge in [-0.3, -0.25) is 9.59 Å². The van der Waals surface area contributed by atoms with E-state index in [0.29, 0.717) is 43.3 Å². The standard InChI is InChI=1S/C75H146NO5.BrH/c1-7-11-15-19-23-27-31-35-39-42-46-50-54-58-62-66-73(78)80-72(65-61-57-53-49-45-41-37-33-29-25-21-17-13-9-3)75(71-76(5,6)69-70-77,68-64-60-56-52-48-44-38-34-30-26-22-18-14-10-4)81-74(79)67-63-59-55-51-47-43-40-36-32-28-24-20-16-12-8-2;/h35-36,39-40,72,77H,7-34,37-38,41-71H2,1-6H3;1H/q+1;/p-1/b39-35-,40-36-;. The van der Waals surface area contributed by atoms with Gasteiger partial charge in [-0.1, -0.05) is 322 Å². The Balaban J connectivity index is 0. The molecule has 0 aromatic carbocycles. The summed E-state index contributed by atoms with van der Waals surface area (Å²) >= 11 is 0. The maximum Gasteiger partial charge on any atom is 0.306 e. The predicted octanol–water partition coefficient (Wildman–Crippen LogP) is 21.1. The van der Waals surface area contributed by atoms with E-state index in [1.54, 1.807) is 0 Å². The van der Waals surface area contributed by atoms with E-state index in [2.05, 4.69) is 66.1 Å². The molecule has 0 radical (unpaired) electrons. The van der Waals surface area contributed by atoms with Crippen molar-refractivity contribution in [3.63, 3.8) is 0 Å². The van der Waals surface area contributed by atoms with E-state index in [1.807, 2.05) is 0 Å². The van der Waals surface area contributed by atoms with Crippen molar-refractivity contribution in [1.29, 1.82) is 0 Å². The Bertz CT molecular complexity index is 1350. The van der Waals surface area contributed by atoms with Crippen LogP contribution in [0.25, 0.3) is 0 Å². The minimum atomic E-state index is -0.941. The third-order valence-electron chi connectivity index (χ3n) is 17.6. The molecule has 82 heavy (non-hydrogen) atoms. The van der Waals surface area contributed by atoms with Crippen LogP contribution < -0.4 is 17.0 Å². The quantitative estimate of drug-likeness (QED) is 0.0284. The zero-order valence-corrected chi connectivity index (χ0v) is 58.0. The van der Waals surface area contributed by atoms with Crippen molar-refractivity contribution >= 4 is 11.9 Å². The second-order valence-electron chi connectivity index (χ2n) is 26.5. The Labute approximate surface area is 524 Å². The van der Waals surface area contributed by atoms with Gasteiger partial charge in [0, 0.05) is 12.8 Å². The van der Waals surface area contributed by atoms with Gasteiger partial charge in [0.05, 0.1) is 20.7 Å². The number of halogens is 1. The Kier molecular flexibility index (Phi) is 66.5. The van der Waals surface area contributed by atoms with E-state index in [9.17, 15) is 14.7 Å². The first-order valence-corrected chi connectivity index (χ1v) is 36.8. The fraction of sp³-hybridized carbons (Fsp3) is 0.920. The van der Waals surface area contributed by atoms with Crippen molar-refractivity contribution in [2.24, 2.45) is 0 Å². The van der Waals surface area contributed by atoms with Crippen LogP contribution in [0.1, 0.15) is 400 Å². The number of likely N-dealkylation sites (N-methyl/N-ethyl adjacent to an activating group) is 1. The Hall–Kier alpha value is -1.18. The van der Waals surface area contributed by atoms with Gasteiger partial charge in [-0.05, 0) is 89.9 Å². The molecule has 0 spiro atoms. The van der Waals surface area contributed by atoms with Crippen molar-refractivity contribution < 1.29 is 45.6 Å². The molecule has 7 heteroatoms. The average Bonchev–Trinajstić information content (AvgIpc) is 3.56. The number of hydrogen-bond donors (Lipinski definition) is 1. The number of aliphatic hydroxyl groups is 1. The van der Waals surface area contributed by atoms with Crippen LogP contribution in [0.3, 0.4) is 0 Å². The smallest absolute Gasteiger partial charge is 0.306 e. The Morgan fingerprint density at radius 3 is 0.963 bits per heavy atom. The fourth-order valence-corrected chi connectivity index (χ4v) is 12.3. The molecule has 2 unspecified atom stereocenters. The lowest BCUT2D eigenvalue weighted by Gasteiger charge is -2.44. The molecule has 0 aliphatic carbocycles. The molecule has 0 aromatic heterocycles. The number of unbranched alkanes of at least 4 members (excludes halogenated alkanes) is 48. The van der Waals surface area contributed by atoms with Crippen LogP contribution in [-0.4, -0.2) is 67.0 Å². The lowest BCUT2D eigenvalue weighted by Crippen LogP contribution is -3.00. The van der Waals surface area contributed by atoms with E-state index < -0.39 is 11.7 Å². The molecule has 2 atom stereocenters. The number of ether oxygens (including phenoxy) is 2. The molecule has 0 rings (SSSR count).